The van der Waals surface area contributed by atoms with Gasteiger partial charge in [-0.05, 0) is 50.8 Å². The molecule has 27 heavy (non-hydrogen) atoms. The third kappa shape index (κ3) is 4.33. The number of amides is 1. The summed E-state index contributed by atoms with van der Waals surface area (Å²) in [6, 6.07) is 4.54. The van der Waals surface area contributed by atoms with Crippen molar-refractivity contribution in [2.24, 2.45) is 5.92 Å². The van der Waals surface area contributed by atoms with E-state index in [9.17, 15) is 4.79 Å². The Morgan fingerprint density at radius 1 is 1.33 bits per heavy atom. The molecule has 6 nitrogen and oxygen atoms in total. The molecule has 0 aromatic carbocycles. The number of likely N-dealkylation sites (tertiary alicyclic amines) is 1. The highest BCUT2D eigenvalue weighted by Gasteiger charge is 2.45. The minimum absolute atomic E-state index is 0.0413. The van der Waals surface area contributed by atoms with Crippen LogP contribution >= 0.6 is 0 Å². The van der Waals surface area contributed by atoms with Gasteiger partial charge in [0.25, 0.3) is 0 Å². The molecule has 3 fully saturated rings. The standard InChI is InChI=1S/C21H31N3O3/c1-23(15-17-3-2-8-22-14-17)19-13-21(27-16-19)6-9-24(10-7-21)20(25)18-4-11-26-12-5-18/h2-3,8,14,18-19H,4-7,9-13,15-16H2,1H3/t19-/m1/s1. The molecule has 0 unspecified atom stereocenters. The Kier molecular flexibility index (Phi) is 5.76. The number of nitrogens with zero attached hydrogens (tertiary/aromatic N) is 3. The molecular weight excluding hydrogens is 342 g/mol. The molecule has 1 amide bonds. The summed E-state index contributed by atoms with van der Waals surface area (Å²) >= 11 is 0. The second kappa shape index (κ2) is 8.25. The molecule has 1 aromatic heterocycles. The average Bonchev–Trinajstić information content (AvgIpc) is 3.13. The molecule has 0 bridgehead atoms. The largest absolute Gasteiger partial charge is 0.381 e. The monoisotopic (exact) mass is 373 g/mol. The van der Waals surface area contributed by atoms with Gasteiger partial charge in [-0.15, -0.1) is 0 Å². The molecule has 6 heteroatoms. The molecule has 148 valence electrons. The first-order valence-electron chi connectivity index (χ1n) is 10.2. The number of likely N-dealkylation sites (N-methyl/N-ethyl adjacent to an activating group) is 1. The molecule has 3 aliphatic rings. The van der Waals surface area contributed by atoms with Crippen LogP contribution in [0.15, 0.2) is 24.5 Å². The number of ether oxygens (including phenoxy) is 2. The lowest BCUT2D eigenvalue weighted by molar-refractivity contribution is -0.143. The molecule has 0 saturated carbocycles. The van der Waals surface area contributed by atoms with E-state index in [2.05, 4.69) is 27.9 Å². The van der Waals surface area contributed by atoms with Gasteiger partial charge in [0, 0.05) is 57.2 Å². The highest BCUT2D eigenvalue weighted by Crippen LogP contribution is 2.38. The lowest BCUT2D eigenvalue weighted by Crippen LogP contribution is -2.49. The molecule has 3 aliphatic heterocycles. The summed E-state index contributed by atoms with van der Waals surface area (Å²) < 4.78 is 11.7. The van der Waals surface area contributed by atoms with Crippen molar-refractivity contribution in [1.29, 1.82) is 0 Å². The highest BCUT2D eigenvalue weighted by atomic mass is 16.5. The third-order valence-corrected chi connectivity index (χ3v) is 6.52. The summed E-state index contributed by atoms with van der Waals surface area (Å²) in [5.74, 6) is 0.493. The maximum atomic E-state index is 12.7. The van der Waals surface area contributed by atoms with Gasteiger partial charge in [-0.25, -0.2) is 0 Å². The van der Waals surface area contributed by atoms with Crippen LogP contribution in [-0.4, -0.2) is 72.3 Å². The fourth-order valence-corrected chi connectivity index (χ4v) is 4.70. The molecule has 0 aliphatic carbocycles. The summed E-state index contributed by atoms with van der Waals surface area (Å²) in [6.07, 6.45) is 8.47. The Labute approximate surface area is 161 Å². The zero-order valence-corrected chi connectivity index (χ0v) is 16.3. The lowest BCUT2D eigenvalue weighted by atomic mass is 9.86. The van der Waals surface area contributed by atoms with Gasteiger partial charge in [0.2, 0.25) is 5.91 Å². The van der Waals surface area contributed by atoms with Crippen molar-refractivity contribution in [3.05, 3.63) is 30.1 Å². The van der Waals surface area contributed by atoms with Gasteiger partial charge < -0.3 is 14.4 Å². The predicted molar refractivity (Wildman–Crippen MR) is 102 cm³/mol. The Hall–Kier alpha value is -1.50. The van der Waals surface area contributed by atoms with Gasteiger partial charge in [-0.3, -0.25) is 14.7 Å². The van der Waals surface area contributed by atoms with E-state index in [1.807, 2.05) is 18.5 Å². The van der Waals surface area contributed by atoms with Crippen molar-refractivity contribution >= 4 is 5.91 Å². The van der Waals surface area contributed by atoms with E-state index in [4.69, 9.17) is 9.47 Å². The maximum absolute atomic E-state index is 12.7. The average molecular weight is 373 g/mol. The quantitative estimate of drug-likeness (QED) is 0.809. The van der Waals surface area contributed by atoms with Crippen LogP contribution in [0.5, 0.6) is 0 Å². The lowest BCUT2D eigenvalue weighted by Gasteiger charge is -2.40. The first-order valence-corrected chi connectivity index (χ1v) is 10.2. The first kappa shape index (κ1) is 18.8. The molecule has 3 saturated heterocycles. The van der Waals surface area contributed by atoms with Crippen molar-refractivity contribution in [3.8, 4) is 0 Å². The van der Waals surface area contributed by atoms with Crippen LogP contribution < -0.4 is 0 Å². The topological polar surface area (TPSA) is 54.9 Å². The fraction of sp³-hybridized carbons (Fsp3) is 0.714. The van der Waals surface area contributed by atoms with E-state index in [0.717, 1.165) is 71.6 Å². The van der Waals surface area contributed by atoms with Crippen LogP contribution in [0.25, 0.3) is 0 Å². The SMILES string of the molecule is CN(Cc1cccnc1)[C@H]1COC2(CCN(C(=O)C3CCOCC3)CC2)C1. The van der Waals surface area contributed by atoms with E-state index in [-0.39, 0.29) is 11.5 Å². The van der Waals surface area contributed by atoms with E-state index < -0.39 is 0 Å². The molecule has 1 spiro atoms. The van der Waals surface area contributed by atoms with Crippen LogP contribution in [0.1, 0.15) is 37.7 Å². The molecule has 0 N–H and O–H groups in total. The molecule has 0 radical (unpaired) electrons. The van der Waals surface area contributed by atoms with Gasteiger partial charge in [0.05, 0.1) is 12.2 Å². The Balaban J connectivity index is 1.28. The normalized spacial score (nSPS) is 26.0. The number of pyridine rings is 1. The van der Waals surface area contributed by atoms with Crippen molar-refractivity contribution < 1.29 is 14.3 Å². The second-order valence-corrected chi connectivity index (χ2v) is 8.34. The van der Waals surface area contributed by atoms with Crippen LogP contribution in [0, 0.1) is 5.92 Å². The predicted octanol–water partition coefficient (Wildman–Crippen LogP) is 2.09. The zero-order valence-electron chi connectivity index (χ0n) is 16.3. The van der Waals surface area contributed by atoms with Crippen molar-refractivity contribution in [2.45, 2.75) is 50.3 Å². The third-order valence-electron chi connectivity index (χ3n) is 6.52. The van der Waals surface area contributed by atoms with Crippen molar-refractivity contribution in [2.75, 3.05) is 40.0 Å². The van der Waals surface area contributed by atoms with Crippen LogP contribution in [0.2, 0.25) is 0 Å². The highest BCUT2D eigenvalue weighted by molar-refractivity contribution is 5.79. The summed E-state index contributed by atoms with van der Waals surface area (Å²) in [4.78, 5) is 21.4. The number of aromatic nitrogens is 1. The summed E-state index contributed by atoms with van der Waals surface area (Å²) in [5, 5.41) is 0. The molecule has 1 atom stereocenters. The van der Waals surface area contributed by atoms with E-state index >= 15 is 0 Å². The van der Waals surface area contributed by atoms with Gasteiger partial charge in [-0.2, -0.15) is 0 Å². The summed E-state index contributed by atoms with van der Waals surface area (Å²) in [6.45, 7) is 4.78. The Morgan fingerprint density at radius 2 is 2.11 bits per heavy atom. The minimum atomic E-state index is -0.0413. The van der Waals surface area contributed by atoms with Crippen LogP contribution in [0.3, 0.4) is 0 Å². The molecular formula is C21H31N3O3. The second-order valence-electron chi connectivity index (χ2n) is 8.34. The number of carbonyl (C=O) groups excluding carboxylic acids is 1. The number of hydrogen-bond donors (Lipinski definition) is 0. The number of carbonyl (C=O) groups is 1. The van der Waals surface area contributed by atoms with Gasteiger partial charge in [0.15, 0.2) is 0 Å². The van der Waals surface area contributed by atoms with E-state index in [0.29, 0.717) is 11.9 Å². The number of hydrogen-bond acceptors (Lipinski definition) is 5. The maximum Gasteiger partial charge on any atom is 0.225 e. The van der Waals surface area contributed by atoms with Crippen molar-refractivity contribution in [3.63, 3.8) is 0 Å². The number of rotatable bonds is 4. The van der Waals surface area contributed by atoms with Crippen LogP contribution in [0.4, 0.5) is 0 Å². The van der Waals surface area contributed by atoms with Crippen LogP contribution in [-0.2, 0) is 20.8 Å². The van der Waals surface area contributed by atoms with E-state index in [1.54, 1.807) is 0 Å². The molecule has 1 aromatic rings. The van der Waals surface area contributed by atoms with Gasteiger partial charge in [0.1, 0.15) is 0 Å². The Morgan fingerprint density at radius 3 is 2.81 bits per heavy atom. The first-order chi connectivity index (χ1) is 13.2. The van der Waals surface area contributed by atoms with Gasteiger partial charge >= 0.3 is 0 Å². The van der Waals surface area contributed by atoms with Crippen molar-refractivity contribution in [1.82, 2.24) is 14.8 Å². The number of piperidine rings is 1. The fourth-order valence-electron chi connectivity index (χ4n) is 4.70. The summed E-state index contributed by atoms with van der Waals surface area (Å²) in [5.41, 5.74) is 1.19. The minimum Gasteiger partial charge on any atom is -0.381 e. The molecule has 4 rings (SSSR count). The van der Waals surface area contributed by atoms with Gasteiger partial charge in [-0.1, -0.05) is 6.07 Å². The van der Waals surface area contributed by atoms with E-state index in [1.165, 1.54) is 5.56 Å². The zero-order chi connectivity index (χ0) is 18.7. The molecule has 4 heterocycles. The summed E-state index contributed by atoms with van der Waals surface area (Å²) in [7, 11) is 2.17. The smallest absolute Gasteiger partial charge is 0.225 e. The Bertz CT molecular complexity index is 625.